The fourth-order valence-electron chi connectivity index (χ4n) is 8.22. The summed E-state index contributed by atoms with van der Waals surface area (Å²) in [4.78, 5) is 0. The van der Waals surface area contributed by atoms with E-state index >= 15 is 0 Å². The molecular weight excluding hydrogens is 556 g/mol. The maximum atomic E-state index is 6.68. The number of benzene rings is 8. The first-order chi connectivity index (χ1) is 22.8. The van der Waals surface area contributed by atoms with E-state index in [2.05, 4.69) is 170 Å². The van der Waals surface area contributed by atoms with Gasteiger partial charge in [-0.25, -0.2) is 0 Å². The van der Waals surface area contributed by atoms with Crippen LogP contribution in [0, 0.1) is 0 Å². The Kier molecular flexibility index (Phi) is 5.27. The predicted octanol–water partition coefficient (Wildman–Crippen LogP) is 11.9. The van der Waals surface area contributed by atoms with Crippen molar-refractivity contribution in [2.75, 3.05) is 0 Å². The van der Waals surface area contributed by atoms with Crippen molar-refractivity contribution >= 4 is 43.5 Å². The van der Waals surface area contributed by atoms with Crippen LogP contribution in [-0.2, 0) is 5.41 Å². The molecule has 0 saturated heterocycles. The molecule has 0 unspecified atom stereocenters. The maximum Gasteiger partial charge on any atom is 0.143 e. The van der Waals surface area contributed by atoms with E-state index in [1.54, 1.807) is 0 Å². The fraction of sp³-hybridized carbons (Fsp3) is 0.0222. The Balaban J connectivity index is 1.34. The molecule has 1 nitrogen and oxygen atoms in total. The van der Waals surface area contributed by atoms with Crippen LogP contribution in [0.1, 0.15) is 22.3 Å². The molecule has 1 aromatic heterocycles. The van der Waals surface area contributed by atoms with Gasteiger partial charge >= 0.3 is 0 Å². The third-order valence-electron chi connectivity index (χ3n) is 10.1. The average molecular weight is 585 g/mol. The lowest BCUT2D eigenvalue weighted by molar-refractivity contribution is 0.673. The molecule has 0 spiro atoms. The van der Waals surface area contributed by atoms with Gasteiger partial charge in [0.05, 0.1) is 5.41 Å². The lowest BCUT2D eigenvalue weighted by Gasteiger charge is -2.35. The Morgan fingerprint density at radius 1 is 0.413 bits per heavy atom. The minimum atomic E-state index is -0.480. The standard InChI is InChI=1S/C45H28O/c1-3-15-32(16-4-1)45(33-17-5-2-6-18-33)40-22-12-11-21-38(40)42-39(27-30-14-8-9-19-34(30)43(42)45)31-24-25-36-37-26-23-29-13-7-10-20-35(29)44(37)46-41(36)28-31/h1-28H. The highest BCUT2D eigenvalue weighted by Crippen LogP contribution is 2.60. The van der Waals surface area contributed by atoms with E-state index < -0.39 is 5.41 Å². The summed E-state index contributed by atoms with van der Waals surface area (Å²) in [6, 6.07) is 62.0. The molecule has 0 amide bonds. The first-order valence-corrected chi connectivity index (χ1v) is 15.9. The van der Waals surface area contributed by atoms with Crippen LogP contribution in [0.5, 0.6) is 0 Å². The van der Waals surface area contributed by atoms with E-state index in [-0.39, 0.29) is 0 Å². The number of rotatable bonds is 3. The van der Waals surface area contributed by atoms with Crippen molar-refractivity contribution < 1.29 is 4.42 Å². The highest BCUT2D eigenvalue weighted by atomic mass is 16.3. The van der Waals surface area contributed by atoms with E-state index in [4.69, 9.17) is 4.42 Å². The lowest BCUT2D eigenvalue weighted by atomic mass is 9.66. The second-order valence-electron chi connectivity index (χ2n) is 12.4. The molecule has 10 rings (SSSR count). The zero-order valence-electron chi connectivity index (χ0n) is 25.1. The van der Waals surface area contributed by atoms with Gasteiger partial charge in [0, 0.05) is 16.2 Å². The molecule has 1 aliphatic rings. The van der Waals surface area contributed by atoms with E-state index in [9.17, 15) is 0 Å². The topological polar surface area (TPSA) is 13.1 Å². The van der Waals surface area contributed by atoms with Crippen molar-refractivity contribution in [3.05, 3.63) is 192 Å². The van der Waals surface area contributed by atoms with E-state index in [0.29, 0.717) is 0 Å². The molecular formula is C45H28O. The van der Waals surface area contributed by atoms with Crippen LogP contribution in [0.4, 0.5) is 0 Å². The number of fused-ring (bicyclic) bond motifs is 10. The summed E-state index contributed by atoms with van der Waals surface area (Å²) in [5, 5.41) is 7.15. The maximum absolute atomic E-state index is 6.68. The summed E-state index contributed by atoms with van der Waals surface area (Å²) in [5.41, 5.74) is 11.5. The monoisotopic (exact) mass is 584 g/mol. The Hall–Kier alpha value is -5.92. The van der Waals surface area contributed by atoms with Crippen molar-refractivity contribution in [1.82, 2.24) is 0 Å². The van der Waals surface area contributed by atoms with Crippen LogP contribution in [0.2, 0.25) is 0 Å². The van der Waals surface area contributed by atoms with Gasteiger partial charge in [0.15, 0.2) is 0 Å². The van der Waals surface area contributed by atoms with Crippen LogP contribution in [0.25, 0.3) is 65.7 Å². The molecule has 0 bridgehead atoms. The van der Waals surface area contributed by atoms with Crippen LogP contribution in [0.3, 0.4) is 0 Å². The van der Waals surface area contributed by atoms with Gasteiger partial charge < -0.3 is 4.42 Å². The minimum absolute atomic E-state index is 0.480. The van der Waals surface area contributed by atoms with Crippen LogP contribution >= 0.6 is 0 Å². The highest BCUT2D eigenvalue weighted by Gasteiger charge is 2.48. The molecule has 0 fully saturated rings. The van der Waals surface area contributed by atoms with E-state index in [1.807, 2.05) is 0 Å². The molecule has 0 atom stereocenters. The van der Waals surface area contributed by atoms with Crippen molar-refractivity contribution in [3.63, 3.8) is 0 Å². The minimum Gasteiger partial charge on any atom is -0.455 e. The Labute approximate surface area is 267 Å². The normalized spacial score (nSPS) is 13.4. The first kappa shape index (κ1) is 25.4. The molecule has 1 heterocycles. The predicted molar refractivity (Wildman–Crippen MR) is 191 cm³/mol. The van der Waals surface area contributed by atoms with Crippen molar-refractivity contribution in [2.45, 2.75) is 5.41 Å². The van der Waals surface area contributed by atoms with Gasteiger partial charge in [-0.05, 0) is 84.9 Å². The largest absolute Gasteiger partial charge is 0.455 e. The van der Waals surface area contributed by atoms with Gasteiger partial charge in [0.1, 0.15) is 11.2 Å². The zero-order chi connectivity index (χ0) is 30.2. The molecule has 9 aromatic rings. The van der Waals surface area contributed by atoms with Crippen LogP contribution in [0.15, 0.2) is 174 Å². The van der Waals surface area contributed by atoms with Gasteiger partial charge in [-0.15, -0.1) is 0 Å². The summed E-state index contributed by atoms with van der Waals surface area (Å²) in [5.74, 6) is 0. The Morgan fingerprint density at radius 3 is 1.83 bits per heavy atom. The van der Waals surface area contributed by atoms with Gasteiger partial charge in [-0.2, -0.15) is 0 Å². The molecule has 1 aliphatic carbocycles. The first-order valence-electron chi connectivity index (χ1n) is 15.9. The third kappa shape index (κ3) is 3.35. The molecule has 0 saturated carbocycles. The van der Waals surface area contributed by atoms with Gasteiger partial charge in [-0.3, -0.25) is 0 Å². The van der Waals surface area contributed by atoms with Crippen molar-refractivity contribution in [2.24, 2.45) is 0 Å². The molecule has 0 radical (unpaired) electrons. The van der Waals surface area contributed by atoms with E-state index in [0.717, 1.165) is 32.9 Å². The van der Waals surface area contributed by atoms with Crippen molar-refractivity contribution in [3.8, 4) is 22.3 Å². The molecule has 214 valence electrons. The molecule has 0 aliphatic heterocycles. The molecule has 0 N–H and O–H groups in total. The second kappa shape index (κ2) is 9.54. The number of hydrogen-bond donors (Lipinski definition) is 0. The quantitative estimate of drug-likeness (QED) is 0.201. The Bertz CT molecular complexity index is 2590. The zero-order valence-corrected chi connectivity index (χ0v) is 25.1. The van der Waals surface area contributed by atoms with E-state index in [1.165, 1.54) is 55.1 Å². The summed E-state index contributed by atoms with van der Waals surface area (Å²) >= 11 is 0. The SMILES string of the molecule is c1ccc(C2(c3ccccc3)c3ccccc3-c3c(-c4ccc5c(c4)oc4c6ccccc6ccc54)cc4ccccc4c32)cc1. The second-order valence-corrected chi connectivity index (χ2v) is 12.4. The lowest BCUT2D eigenvalue weighted by Crippen LogP contribution is -2.28. The molecule has 8 aromatic carbocycles. The summed E-state index contributed by atoms with van der Waals surface area (Å²) in [6.45, 7) is 0. The summed E-state index contributed by atoms with van der Waals surface area (Å²) < 4.78 is 6.68. The Morgan fingerprint density at radius 2 is 1.04 bits per heavy atom. The molecule has 46 heavy (non-hydrogen) atoms. The summed E-state index contributed by atoms with van der Waals surface area (Å²) in [6.07, 6.45) is 0. The van der Waals surface area contributed by atoms with Crippen molar-refractivity contribution in [1.29, 1.82) is 0 Å². The smallest absolute Gasteiger partial charge is 0.143 e. The third-order valence-corrected chi connectivity index (χ3v) is 10.1. The van der Waals surface area contributed by atoms with Crippen LogP contribution in [-0.4, -0.2) is 0 Å². The summed E-state index contributed by atoms with van der Waals surface area (Å²) in [7, 11) is 0. The van der Waals surface area contributed by atoms with Gasteiger partial charge in [0.25, 0.3) is 0 Å². The van der Waals surface area contributed by atoms with Gasteiger partial charge in [-0.1, -0.05) is 146 Å². The van der Waals surface area contributed by atoms with Crippen LogP contribution < -0.4 is 0 Å². The average Bonchev–Trinajstić information content (AvgIpc) is 3.66. The highest BCUT2D eigenvalue weighted by molar-refractivity contribution is 6.16. The molecule has 1 heteroatoms. The van der Waals surface area contributed by atoms with Gasteiger partial charge in [0.2, 0.25) is 0 Å². The fourth-order valence-corrected chi connectivity index (χ4v) is 8.22. The number of hydrogen-bond acceptors (Lipinski definition) is 1. The number of furan rings is 1.